The van der Waals surface area contributed by atoms with E-state index in [1.54, 1.807) is 0 Å². The van der Waals surface area contributed by atoms with Gasteiger partial charge in [0.2, 0.25) is 0 Å². The van der Waals surface area contributed by atoms with Gasteiger partial charge in [-0.05, 0) is 92.4 Å². The van der Waals surface area contributed by atoms with E-state index in [1.807, 2.05) is 0 Å². The van der Waals surface area contributed by atoms with Crippen molar-refractivity contribution in [3.63, 3.8) is 0 Å². The molecule has 3 nitrogen and oxygen atoms in total. The molecule has 0 amide bonds. The number of fused-ring (bicyclic) bond motifs is 1. The highest BCUT2D eigenvalue weighted by molar-refractivity contribution is 5.20. The van der Waals surface area contributed by atoms with Gasteiger partial charge in [0.05, 0.1) is 6.10 Å². The third-order valence-corrected chi connectivity index (χ3v) is 8.46. The summed E-state index contributed by atoms with van der Waals surface area (Å²) in [6.45, 7) is 10.2. The molecule has 3 saturated carbocycles. The summed E-state index contributed by atoms with van der Waals surface area (Å²) in [6.07, 6.45) is 8.43. The van der Waals surface area contributed by atoms with E-state index in [2.05, 4.69) is 20.4 Å². The number of aliphatic hydroxyl groups excluding tert-OH is 2. The van der Waals surface area contributed by atoms with Crippen LogP contribution in [-0.4, -0.2) is 29.5 Å². The average molecular weight is 336 g/mol. The molecule has 3 fully saturated rings. The molecule has 0 saturated heterocycles. The summed E-state index contributed by atoms with van der Waals surface area (Å²) < 4.78 is 0. The zero-order valence-corrected chi connectivity index (χ0v) is 15.6. The van der Waals surface area contributed by atoms with Crippen molar-refractivity contribution in [1.29, 1.82) is 0 Å². The number of allylic oxidation sites excluding steroid dienone is 1. The molecule has 3 aliphatic carbocycles. The van der Waals surface area contributed by atoms with Crippen LogP contribution in [0, 0.1) is 34.5 Å². The van der Waals surface area contributed by atoms with E-state index in [0.717, 1.165) is 32.2 Å². The minimum absolute atomic E-state index is 0.138. The fourth-order valence-corrected chi connectivity index (χ4v) is 6.78. The van der Waals surface area contributed by atoms with Crippen LogP contribution in [0.25, 0.3) is 0 Å². The maximum Gasteiger partial charge on any atom is 0.0544 e. The predicted octanol–water partition coefficient (Wildman–Crippen LogP) is 3.49. The second-order valence-electron chi connectivity index (χ2n) is 9.37. The lowest BCUT2D eigenvalue weighted by Crippen LogP contribution is -2.51. The second kappa shape index (κ2) is 6.74. The van der Waals surface area contributed by atoms with Crippen LogP contribution < -0.4 is 5.73 Å². The average Bonchev–Trinajstić information content (AvgIpc) is 2.86. The molecule has 0 radical (unpaired) electrons. The maximum atomic E-state index is 10.1. The molecular formula is C21H37NO2. The Labute approximate surface area is 147 Å². The van der Waals surface area contributed by atoms with Crippen LogP contribution in [0.1, 0.15) is 65.2 Å². The van der Waals surface area contributed by atoms with Crippen molar-refractivity contribution < 1.29 is 10.2 Å². The summed E-state index contributed by atoms with van der Waals surface area (Å²) in [7, 11) is 0. The molecule has 4 N–H and O–H groups in total. The molecule has 0 spiro atoms. The highest BCUT2D eigenvalue weighted by Crippen LogP contribution is 2.64. The van der Waals surface area contributed by atoms with Crippen LogP contribution in [-0.2, 0) is 0 Å². The summed E-state index contributed by atoms with van der Waals surface area (Å²) in [5.74, 6) is 2.19. The Bertz CT molecular complexity index is 478. The fourth-order valence-electron chi connectivity index (χ4n) is 6.78. The first-order valence-corrected chi connectivity index (χ1v) is 10.0. The van der Waals surface area contributed by atoms with Gasteiger partial charge in [0, 0.05) is 6.61 Å². The number of hydrogen-bond acceptors (Lipinski definition) is 3. The van der Waals surface area contributed by atoms with E-state index in [-0.39, 0.29) is 24.0 Å². The minimum atomic E-state index is -0.233. The van der Waals surface area contributed by atoms with Crippen molar-refractivity contribution >= 4 is 0 Å². The number of nitrogens with two attached hydrogens (primary N) is 1. The molecule has 138 valence electrons. The first-order chi connectivity index (χ1) is 11.4. The minimum Gasteiger partial charge on any atom is -0.396 e. The van der Waals surface area contributed by atoms with E-state index in [4.69, 9.17) is 5.73 Å². The van der Waals surface area contributed by atoms with Crippen LogP contribution >= 0.6 is 0 Å². The molecule has 0 bridgehead atoms. The summed E-state index contributed by atoms with van der Waals surface area (Å²) in [5, 5.41) is 20.1. The summed E-state index contributed by atoms with van der Waals surface area (Å²) in [5.41, 5.74) is 7.93. The van der Waals surface area contributed by atoms with Crippen molar-refractivity contribution in [2.24, 2.45) is 40.2 Å². The molecule has 0 aromatic rings. The van der Waals surface area contributed by atoms with Crippen LogP contribution in [0.2, 0.25) is 0 Å². The van der Waals surface area contributed by atoms with Crippen LogP contribution in [0.3, 0.4) is 0 Å². The summed E-state index contributed by atoms with van der Waals surface area (Å²) in [6, 6.07) is 0. The zero-order chi connectivity index (χ0) is 17.5. The standard InChI is InChI=1S/C21H37NO2/c1-14-4-5-18-17(8-11-22)19(7-10-20(14,18)2)21(3)9-6-16(24)12-15(21)13-23/h15-19,23-24H,1,4-13,22H2,2-3H3. The van der Waals surface area contributed by atoms with Crippen molar-refractivity contribution in [2.75, 3.05) is 13.2 Å². The van der Waals surface area contributed by atoms with Gasteiger partial charge < -0.3 is 15.9 Å². The van der Waals surface area contributed by atoms with Crippen LogP contribution in [0.15, 0.2) is 12.2 Å². The first-order valence-electron chi connectivity index (χ1n) is 10.0. The van der Waals surface area contributed by atoms with E-state index < -0.39 is 0 Å². The Morgan fingerprint density at radius 2 is 1.92 bits per heavy atom. The molecule has 0 aromatic heterocycles. The van der Waals surface area contributed by atoms with Gasteiger partial charge >= 0.3 is 0 Å². The Hall–Kier alpha value is -0.380. The normalized spacial score (nSPS) is 49.2. The van der Waals surface area contributed by atoms with Crippen LogP contribution in [0.5, 0.6) is 0 Å². The molecule has 7 unspecified atom stereocenters. The SMILES string of the molecule is C=C1CCC2C(CCN)C(C3(C)CCC(O)CC3CO)CCC12C. The lowest BCUT2D eigenvalue weighted by molar-refractivity contribution is -0.0951. The molecule has 0 aliphatic heterocycles. The Morgan fingerprint density at radius 3 is 2.58 bits per heavy atom. The quantitative estimate of drug-likeness (QED) is 0.689. The van der Waals surface area contributed by atoms with Gasteiger partial charge in [-0.1, -0.05) is 26.0 Å². The van der Waals surface area contributed by atoms with Gasteiger partial charge in [0.15, 0.2) is 0 Å². The van der Waals surface area contributed by atoms with E-state index in [1.165, 1.54) is 31.3 Å². The summed E-state index contributed by atoms with van der Waals surface area (Å²) in [4.78, 5) is 0. The monoisotopic (exact) mass is 335 g/mol. The van der Waals surface area contributed by atoms with Gasteiger partial charge in [-0.25, -0.2) is 0 Å². The van der Waals surface area contributed by atoms with Gasteiger partial charge in [0.1, 0.15) is 0 Å². The maximum absolute atomic E-state index is 10.1. The Kier molecular flexibility index (Phi) is 5.17. The third-order valence-electron chi connectivity index (χ3n) is 8.46. The zero-order valence-electron chi connectivity index (χ0n) is 15.6. The lowest BCUT2D eigenvalue weighted by atomic mass is 9.49. The van der Waals surface area contributed by atoms with Gasteiger partial charge in [-0.2, -0.15) is 0 Å². The smallest absolute Gasteiger partial charge is 0.0544 e. The topological polar surface area (TPSA) is 66.5 Å². The number of hydrogen-bond donors (Lipinski definition) is 3. The molecule has 7 atom stereocenters. The highest BCUT2D eigenvalue weighted by Gasteiger charge is 2.56. The van der Waals surface area contributed by atoms with Crippen molar-refractivity contribution in [1.82, 2.24) is 0 Å². The highest BCUT2D eigenvalue weighted by atomic mass is 16.3. The Balaban J connectivity index is 1.90. The summed E-state index contributed by atoms with van der Waals surface area (Å²) >= 11 is 0. The van der Waals surface area contributed by atoms with Gasteiger partial charge in [-0.3, -0.25) is 0 Å². The number of aliphatic hydroxyl groups is 2. The third kappa shape index (κ3) is 2.77. The Morgan fingerprint density at radius 1 is 1.17 bits per heavy atom. The molecule has 0 heterocycles. The second-order valence-corrected chi connectivity index (χ2v) is 9.37. The van der Waals surface area contributed by atoms with Crippen molar-refractivity contribution in [3.8, 4) is 0 Å². The van der Waals surface area contributed by atoms with E-state index >= 15 is 0 Å². The molecule has 24 heavy (non-hydrogen) atoms. The molecule has 0 aromatic carbocycles. The van der Waals surface area contributed by atoms with Crippen molar-refractivity contribution in [3.05, 3.63) is 12.2 Å². The first kappa shape index (κ1) is 18.4. The van der Waals surface area contributed by atoms with Crippen LogP contribution in [0.4, 0.5) is 0 Å². The van der Waals surface area contributed by atoms with Crippen molar-refractivity contribution in [2.45, 2.75) is 71.3 Å². The van der Waals surface area contributed by atoms with E-state index in [9.17, 15) is 10.2 Å². The largest absolute Gasteiger partial charge is 0.396 e. The fraction of sp³-hybridized carbons (Fsp3) is 0.905. The molecule has 3 aliphatic rings. The van der Waals surface area contributed by atoms with Gasteiger partial charge in [0.25, 0.3) is 0 Å². The lowest BCUT2D eigenvalue weighted by Gasteiger charge is -2.56. The van der Waals surface area contributed by atoms with Gasteiger partial charge in [-0.15, -0.1) is 0 Å². The predicted molar refractivity (Wildman–Crippen MR) is 98.4 cm³/mol. The molecule has 3 heteroatoms. The molecular weight excluding hydrogens is 298 g/mol. The van der Waals surface area contributed by atoms with E-state index in [0.29, 0.717) is 23.2 Å². The molecule has 3 rings (SSSR count). The number of rotatable bonds is 4.